The zero-order valence-corrected chi connectivity index (χ0v) is 14.4. The van der Waals surface area contributed by atoms with Crippen molar-refractivity contribution in [3.05, 3.63) is 34.9 Å². The van der Waals surface area contributed by atoms with Gasteiger partial charge in [0.15, 0.2) is 5.96 Å². The number of rotatable bonds is 7. The van der Waals surface area contributed by atoms with Crippen molar-refractivity contribution in [1.82, 2.24) is 15.5 Å². The molecule has 0 bridgehead atoms. The zero-order chi connectivity index (χ0) is 16.5. The minimum atomic E-state index is 0.284. The van der Waals surface area contributed by atoms with Crippen LogP contribution in [0.3, 0.4) is 0 Å². The fourth-order valence-electron chi connectivity index (χ4n) is 2.56. The summed E-state index contributed by atoms with van der Waals surface area (Å²) in [6, 6.07) is 7.73. The largest absolute Gasteiger partial charge is 0.357 e. The monoisotopic (exact) mass is 336 g/mol. The van der Waals surface area contributed by atoms with Crippen LogP contribution >= 0.6 is 11.6 Å². The topological polar surface area (TPSA) is 56.7 Å². The van der Waals surface area contributed by atoms with Gasteiger partial charge in [0.2, 0.25) is 5.91 Å². The molecular weight excluding hydrogens is 312 g/mol. The van der Waals surface area contributed by atoms with Gasteiger partial charge in [-0.15, -0.1) is 0 Å². The molecular formula is C17H25ClN4O. The van der Waals surface area contributed by atoms with Gasteiger partial charge in [-0.05, 0) is 37.5 Å². The van der Waals surface area contributed by atoms with Crippen molar-refractivity contribution >= 4 is 23.5 Å². The second-order valence-electron chi connectivity index (χ2n) is 5.59. The Morgan fingerprint density at radius 1 is 1.39 bits per heavy atom. The molecule has 0 atom stereocenters. The van der Waals surface area contributed by atoms with Gasteiger partial charge in [0, 0.05) is 37.6 Å². The summed E-state index contributed by atoms with van der Waals surface area (Å²) < 4.78 is 0. The number of nitrogens with zero attached hydrogens (tertiary/aromatic N) is 2. The van der Waals surface area contributed by atoms with E-state index >= 15 is 0 Å². The van der Waals surface area contributed by atoms with Crippen molar-refractivity contribution in [3.8, 4) is 0 Å². The number of guanidine groups is 1. The maximum absolute atomic E-state index is 11.6. The smallest absolute Gasteiger partial charge is 0.222 e. The predicted molar refractivity (Wildman–Crippen MR) is 94.7 cm³/mol. The molecule has 1 aliphatic rings. The van der Waals surface area contributed by atoms with Crippen molar-refractivity contribution in [1.29, 1.82) is 0 Å². The number of aliphatic imine (C=N–C) groups is 1. The summed E-state index contributed by atoms with van der Waals surface area (Å²) in [6.07, 6.45) is 2.63. The van der Waals surface area contributed by atoms with E-state index < -0.39 is 0 Å². The first-order valence-electron chi connectivity index (χ1n) is 8.23. The Kier molecular flexibility index (Phi) is 7.20. The predicted octanol–water partition coefficient (Wildman–Crippen LogP) is 2.41. The maximum atomic E-state index is 11.6. The van der Waals surface area contributed by atoms with Gasteiger partial charge in [-0.1, -0.05) is 23.7 Å². The van der Waals surface area contributed by atoms with Crippen LogP contribution in [0.4, 0.5) is 0 Å². The molecule has 2 rings (SSSR count). The van der Waals surface area contributed by atoms with Crippen LogP contribution in [0.2, 0.25) is 5.02 Å². The fraction of sp³-hybridized carbons (Fsp3) is 0.529. The molecule has 1 amide bonds. The van der Waals surface area contributed by atoms with Crippen LogP contribution < -0.4 is 10.6 Å². The molecule has 6 heteroatoms. The highest BCUT2D eigenvalue weighted by Crippen LogP contribution is 2.11. The van der Waals surface area contributed by atoms with E-state index in [4.69, 9.17) is 11.6 Å². The first-order valence-corrected chi connectivity index (χ1v) is 8.61. The van der Waals surface area contributed by atoms with Crippen LogP contribution in [0.1, 0.15) is 31.7 Å². The lowest BCUT2D eigenvalue weighted by atomic mass is 10.2. The third-order valence-electron chi connectivity index (χ3n) is 3.72. The van der Waals surface area contributed by atoms with E-state index in [2.05, 4.69) is 15.6 Å². The molecule has 1 aromatic carbocycles. The lowest BCUT2D eigenvalue weighted by Gasteiger charge is -2.16. The van der Waals surface area contributed by atoms with Gasteiger partial charge >= 0.3 is 0 Å². The summed E-state index contributed by atoms with van der Waals surface area (Å²) in [5.74, 6) is 1.08. The van der Waals surface area contributed by atoms with Crippen molar-refractivity contribution in [2.75, 3.05) is 26.2 Å². The van der Waals surface area contributed by atoms with Crippen LogP contribution in [-0.2, 0) is 11.3 Å². The summed E-state index contributed by atoms with van der Waals surface area (Å²) in [7, 11) is 0. The molecule has 5 nitrogen and oxygen atoms in total. The number of likely N-dealkylation sites (tertiary alicyclic amines) is 1. The molecule has 0 aliphatic carbocycles. The third-order valence-corrected chi connectivity index (χ3v) is 3.96. The molecule has 23 heavy (non-hydrogen) atoms. The SMILES string of the molecule is CCNC(=NCc1cccc(Cl)c1)NCCCN1CCCC1=O. The highest BCUT2D eigenvalue weighted by Gasteiger charge is 2.18. The molecule has 1 saturated heterocycles. The van der Waals surface area contributed by atoms with Crippen molar-refractivity contribution in [2.24, 2.45) is 4.99 Å². The summed E-state index contributed by atoms with van der Waals surface area (Å²) in [6.45, 7) is 5.96. The van der Waals surface area contributed by atoms with Crippen LogP contribution in [-0.4, -0.2) is 42.9 Å². The quantitative estimate of drug-likeness (QED) is 0.457. The highest BCUT2D eigenvalue weighted by atomic mass is 35.5. The molecule has 0 unspecified atom stereocenters. The minimum absolute atomic E-state index is 0.284. The first kappa shape index (κ1) is 17.6. The van der Waals surface area contributed by atoms with Gasteiger partial charge in [0.25, 0.3) is 0 Å². The first-order chi connectivity index (χ1) is 11.2. The number of hydrogen-bond donors (Lipinski definition) is 2. The Morgan fingerprint density at radius 2 is 2.26 bits per heavy atom. The average Bonchev–Trinajstić information content (AvgIpc) is 2.94. The van der Waals surface area contributed by atoms with Gasteiger partial charge in [-0.2, -0.15) is 0 Å². The molecule has 0 saturated carbocycles. The summed E-state index contributed by atoms with van der Waals surface area (Å²) in [4.78, 5) is 18.1. The van der Waals surface area contributed by atoms with Gasteiger partial charge in [0.05, 0.1) is 6.54 Å². The van der Waals surface area contributed by atoms with E-state index in [1.807, 2.05) is 36.1 Å². The van der Waals surface area contributed by atoms with Crippen molar-refractivity contribution in [2.45, 2.75) is 32.7 Å². The van der Waals surface area contributed by atoms with E-state index in [1.54, 1.807) is 0 Å². The maximum Gasteiger partial charge on any atom is 0.222 e. The molecule has 1 fully saturated rings. The number of carbonyl (C=O) groups is 1. The fourth-order valence-corrected chi connectivity index (χ4v) is 2.78. The number of amides is 1. The normalized spacial score (nSPS) is 15.1. The van der Waals surface area contributed by atoms with Crippen molar-refractivity contribution < 1.29 is 4.79 Å². The van der Waals surface area contributed by atoms with E-state index in [1.165, 1.54) is 0 Å². The van der Waals surface area contributed by atoms with Gasteiger partial charge in [-0.25, -0.2) is 4.99 Å². The molecule has 0 spiro atoms. The third kappa shape index (κ3) is 6.10. The minimum Gasteiger partial charge on any atom is -0.357 e. The molecule has 0 radical (unpaired) electrons. The Balaban J connectivity index is 1.76. The van der Waals surface area contributed by atoms with E-state index in [0.717, 1.165) is 55.6 Å². The molecule has 1 heterocycles. The number of carbonyl (C=O) groups excluding carboxylic acids is 1. The Morgan fingerprint density at radius 3 is 2.96 bits per heavy atom. The number of halogens is 1. The second kappa shape index (κ2) is 9.40. The van der Waals surface area contributed by atoms with E-state index in [0.29, 0.717) is 13.0 Å². The molecule has 0 aromatic heterocycles. The van der Waals surface area contributed by atoms with E-state index in [9.17, 15) is 4.79 Å². The standard InChI is InChI=1S/C17H25ClN4O/c1-2-19-17(21-13-14-6-3-7-15(18)12-14)20-9-5-11-22-10-4-8-16(22)23/h3,6-7,12H,2,4-5,8-11,13H2,1H3,(H2,19,20,21). The summed E-state index contributed by atoms with van der Waals surface area (Å²) in [5, 5.41) is 7.27. The molecule has 1 aromatic rings. The van der Waals surface area contributed by atoms with Crippen LogP contribution in [0, 0.1) is 0 Å². The summed E-state index contributed by atoms with van der Waals surface area (Å²) in [5.41, 5.74) is 1.08. The van der Waals surface area contributed by atoms with E-state index in [-0.39, 0.29) is 5.91 Å². The zero-order valence-electron chi connectivity index (χ0n) is 13.6. The number of benzene rings is 1. The second-order valence-corrected chi connectivity index (χ2v) is 6.03. The van der Waals surface area contributed by atoms with Crippen molar-refractivity contribution in [3.63, 3.8) is 0 Å². The Bertz CT molecular complexity index is 547. The molecule has 126 valence electrons. The van der Waals surface area contributed by atoms with Crippen LogP contribution in [0.25, 0.3) is 0 Å². The van der Waals surface area contributed by atoms with Crippen LogP contribution in [0.15, 0.2) is 29.3 Å². The van der Waals surface area contributed by atoms with Gasteiger partial charge in [0.1, 0.15) is 0 Å². The number of hydrogen-bond acceptors (Lipinski definition) is 2. The van der Waals surface area contributed by atoms with Gasteiger partial charge in [-0.3, -0.25) is 4.79 Å². The number of nitrogens with one attached hydrogen (secondary N) is 2. The average molecular weight is 337 g/mol. The van der Waals surface area contributed by atoms with Crippen LogP contribution in [0.5, 0.6) is 0 Å². The lowest BCUT2D eigenvalue weighted by Crippen LogP contribution is -2.39. The molecule has 1 aliphatic heterocycles. The van der Waals surface area contributed by atoms with Gasteiger partial charge < -0.3 is 15.5 Å². The Labute approximate surface area is 143 Å². The molecule has 2 N–H and O–H groups in total. The summed E-state index contributed by atoms with van der Waals surface area (Å²) >= 11 is 5.99. The lowest BCUT2D eigenvalue weighted by molar-refractivity contribution is -0.127. The Hall–Kier alpha value is -1.75. The highest BCUT2D eigenvalue weighted by molar-refractivity contribution is 6.30.